The standard InChI is InChI=1S/C17H21N3O2S/c1-13-11-19-10-4-7-15(19)12-20(13)23(21,22)16-8-2-5-14-6-3-9-18-17(14)16/h2-3,5-6,8-9,13,15H,4,7,10-12H2,1H3/t13-,15+/m0/s1. The number of para-hydroxylation sites is 1. The fraction of sp³-hybridized carbons (Fsp3) is 0.471. The second-order valence-electron chi connectivity index (χ2n) is 6.55. The summed E-state index contributed by atoms with van der Waals surface area (Å²) in [6, 6.07) is 9.47. The van der Waals surface area contributed by atoms with Crippen LogP contribution >= 0.6 is 0 Å². The van der Waals surface area contributed by atoms with E-state index < -0.39 is 10.0 Å². The first kappa shape index (κ1) is 15.1. The number of fused-ring (bicyclic) bond motifs is 2. The summed E-state index contributed by atoms with van der Waals surface area (Å²) < 4.78 is 28.2. The van der Waals surface area contributed by atoms with Crippen molar-refractivity contribution in [1.82, 2.24) is 14.2 Å². The van der Waals surface area contributed by atoms with E-state index in [0.717, 1.165) is 24.9 Å². The first-order valence-corrected chi connectivity index (χ1v) is 9.61. The number of aromatic nitrogens is 1. The van der Waals surface area contributed by atoms with E-state index in [4.69, 9.17) is 0 Å². The number of rotatable bonds is 2. The molecule has 4 rings (SSSR count). The first-order chi connectivity index (χ1) is 11.1. The van der Waals surface area contributed by atoms with Gasteiger partial charge in [-0.3, -0.25) is 9.88 Å². The maximum Gasteiger partial charge on any atom is 0.245 e. The van der Waals surface area contributed by atoms with Crippen molar-refractivity contribution < 1.29 is 8.42 Å². The van der Waals surface area contributed by atoms with Crippen LogP contribution in [0.15, 0.2) is 41.4 Å². The van der Waals surface area contributed by atoms with Gasteiger partial charge in [-0.05, 0) is 38.4 Å². The van der Waals surface area contributed by atoms with Gasteiger partial charge in [-0.15, -0.1) is 0 Å². The van der Waals surface area contributed by atoms with E-state index in [1.165, 1.54) is 6.42 Å². The normalized spacial score (nSPS) is 26.5. The van der Waals surface area contributed by atoms with Crippen LogP contribution in [0.5, 0.6) is 0 Å². The van der Waals surface area contributed by atoms with Crippen LogP contribution in [-0.4, -0.2) is 54.3 Å². The Kier molecular flexibility index (Phi) is 3.63. The van der Waals surface area contributed by atoms with Crippen molar-refractivity contribution in [2.75, 3.05) is 19.6 Å². The van der Waals surface area contributed by atoms with Crippen molar-refractivity contribution in [2.24, 2.45) is 0 Å². The molecule has 0 radical (unpaired) electrons. The Bertz CT molecular complexity index is 831. The highest BCUT2D eigenvalue weighted by Gasteiger charge is 2.40. The molecule has 1 aromatic carbocycles. The average molecular weight is 331 g/mol. The molecule has 2 aromatic rings. The van der Waals surface area contributed by atoms with Gasteiger partial charge in [0.2, 0.25) is 10.0 Å². The second-order valence-corrected chi connectivity index (χ2v) is 8.40. The number of nitrogens with zero attached hydrogens (tertiary/aromatic N) is 3. The van der Waals surface area contributed by atoms with Gasteiger partial charge in [-0.1, -0.05) is 18.2 Å². The molecule has 0 bridgehead atoms. The summed E-state index contributed by atoms with van der Waals surface area (Å²) in [4.78, 5) is 7.07. The Labute approximate surface area is 137 Å². The molecule has 6 heteroatoms. The average Bonchev–Trinajstić information content (AvgIpc) is 3.00. The number of piperazine rings is 1. The Morgan fingerprint density at radius 2 is 2.00 bits per heavy atom. The fourth-order valence-corrected chi connectivity index (χ4v) is 5.73. The summed E-state index contributed by atoms with van der Waals surface area (Å²) in [5, 5.41) is 0.862. The molecule has 2 saturated heterocycles. The highest BCUT2D eigenvalue weighted by atomic mass is 32.2. The maximum atomic E-state index is 13.3. The third kappa shape index (κ3) is 2.45. The number of hydrogen-bond donors (Lipinski definition) is 0. The molecule has 0 aliphatic carbocycles. The molecule has 3 heterocycles. The van der Waals surface area contributed by atoms with Gasteiger partial charge in [0.1, 0.15) is 4.90 Å². The fourth-order valence-electron chi connectivity index (χ4n) is 3.91. The molecule has 0 amide bonds. The van der Waals surface area contributed by atoms with Gasteiger partial charge in [0.05, 0.1) is 5.52 Å². The Balaban J connectivity index is 1.77. The van der Waals surface area contributed by atoms with Gasteiger partial charge in [0, 0.05) is 36.8 Å². The Morgan fingerprint density at radius 3 is 2.87 bits per heavy atom. The number of benzene rings is 1. The smallest absolute Gasteiger partial charge is 0.245 e. The van der Waals surface area contributed by atoms with Crippen molar-refractivity contribution in [3.63, 3.8) is 0 Å². The quantitative estimate of drug-likeness (QED) is 0.845. The third-order valence-corrected chi connectivity index (χ3v) is 7.07. The molecule has 0 saturated carbocycles. The molecule has 0 spiro atoms. The van der Waals surface area contributed by atoms with E-state index in [-0.39, 0.29) is 6.04 Å². The third-order valence-electron chi connectivity index (χ3n) is 5.06. The molecule has 1 aromatic heterocycles. The van der Waals surface area contributed by atoms with E-state index in [0.29, 0.717) is 23.0 Å². The van der Waals surface area contributed by atoms with Crippen LogP contribution in [0.25, 0.3) is 10.9 Å². The van der Waals surface area contributed by atoms with Crippen LogP contribution in [0.1, 0.15) is 19.8 Å². The summed E-state index contributed by atoms with van der Waals surface area (Å²) in [6.07, 6.45) is 3.91. The SMILES string of the molecule is C[C@H]1CN2CCC[C@@H]2CN1S(=O)(=O)c1cccc2cccnc12. The van der Waals surface area contributed by atoms with E-state index >= 15 is 0 Å². The van der Waals surface area contributed by atoms with Crippen molar-refractivity contribution in [3.05, 3.63) is 36.5 Å². The molecule has 122 valence electrons. The summed E-state index contributed by atoms with van der Waals surface area (Å²) in [5.74, 6) is 0. The molecule has 5 nitrogen and oxygen atoms in total. The number of hydrogen-bond acceptors (Lipinski definition) is 4. The Morgan fingerprint density at radius 1 is 1.17 bits per heavy atom. The van der Waals surface area contributed by atoms with Crippen molar-refractivity contribution in [1.29, 1.82) is 0 Å². The Hall–Kier alpha value is -1.50. The molecular formula is C17H21N3O2S. The molecule has 2 fully saturated rings. The molecule has 0 N–H and O–H groups in total. The van der Waals surface area contributed by atoms with Crippen LogP contribution in [-0.2, 0) is 10.0 Å². The van der Waals surface area contributed by atoms with Crippen molar-refractivity contribution >= 4 is 20.9 Å². The number of pyridine rings is 1. The maximum absolute atomic E-state index is 13.3. The van der Waals surface area contributed by atoms with Crippen LogP contribution in [0.4, 0.5) is 0 Å². The molecular weight excluding hydrogens is 310 g/mol. The monoisotopic (exact) mass is 331 g/mol. The highest BCUT2D eigenvalue weighted by Crippen LogP contribution is 2.31. The summed E-state index contributed by atoms with van der Waals surface area (Å²) in [6.45, 7) is 4.51. The van der Waals surface area contributed by atoms with Crippen LogP contribution in [0.2, 0.25) is 0 Å². The minimum absolute atomic E-state index is 0.00619. The predicted molar refractivity (Wildman–Crippen MR) is 89.7 cm³/mol. The van der Waals surface area contributed by atoms with Crippen LogP contribution < -0.4 is 0 Å². The minimum Gasteiger partial charge on any atom is -0.297 e. The van der Waals surface area contributed by atoms with Gasteiger partial charge < -0.3 is 0 Å². The first-order valence-electron chi connectivity index (χ1n) is 8.17. The van der Waals surface area contributed by atoms with Gasteiger partial charge in [-0.25, -0.2) is 8.42 Å². The lowest BCUT2D eigenvalue weighted by atomic mass is 10.1. The zero-order valence-corrected chi connectivity index (χ0v) is 14.0. The van der Waals surface area contributed by atoms with Gasteiger partial charge in [0.15, 0.2) is 0 Å². The molecule has 2 aliphatic heterocycles. The van der Waals surface area contributed by atoms with Crippen molar-refractivity contribution in [2.45, 2.75) is 36.7 Å². The molecule has 0 unspecified atom stereocenters. The van der Waals surface area contributed by atoms with E-state index in [2.05, 4.69) is 9.88 Å². The second kappa shape index (κ2) is 5.54. The van der Waals surface area contributed by atoms with E-state index in [1.807, 2.05) is 25.1 Å². The number of sulfonamides is 1. The van der Waals surface area contributed by atoms with Crippen molar-refractivity contribution in [3.8, 4) is 0 Å². The van der Waals surface area contributed by atoms with Crippen LogP contribution in [0.3, 0.4) is 0 Å². The highest BCUT2D eigenvalue weighted by molar-refractivity contribution is 7.89. The lowest BCUT2D eigenvalue weighted by Crippen LogP contribution is -2.56. The zero-order chi connectivity index (χ0) is 16.0. The molecule has 2 atom stereocenters. The zero-order valence-electron chi connectivity index (χ0n) is 13.2. The van der Waals surface area contributed by atoms with Gasteiger partial charge >= 0.3 is 0 Å². The predicted octanol–water partition coefficient (Wildman–Crippen LogP) is 2.09. The summed E-state index contributed by atoms with van der Waals surface area (Å²) in [5.41, 5.74) is 0.566. The van der Waals surface area contributed by atoms with Crippen LogP contribution in [0, 0.1) is 0 Å². The topological polar surface area (TPSA) is 53.5 Å². The minimum atomic E-state index is -3.53. The molecule has 2 aliphatic rings. The molecule has 23 heavy (non-hydrogen) atoms. The lowest BCUT2D eigenvalue weighted by Gasteiger charge is -2.41. The summed E-state index contributed by atoms with van der Waals surface area (Å²) in [7, 11) is -3.53. The largest absolute Gasteiger partial charge is 0.297 e. The van der Waals surface area contributed by atoms with Gasteiger partial charge in [-0.2, -0.15) is 4.31 Å². The lowest BCUT2D eigenvalue weighted by molar-refractivity contribution is 0.117. The van der Waals surface area contributed by atoms with Gasteiger partial charge in [0.25, 0.3) is 0 Å². The van der Waals surface area contributed by atoms with E-state index in [9.17, 15) is 8.42 Å². The summed E-state index contributed by atoms with van der Waals surface area (Å²) >= 11 is 0. The van der Waals surface area contributed by atoms with E-state index in [1.54, 1.807) is 22.6 Å².